The fraction of sp³-hybridized carbons (Fsp3) is 0.900. The van der Waals surface area contributed by atoms with E-state index in [1.165, 1.54) is 36.4 Å². The van der Waals surface area contributed by atoms with E-state index in [9.17, 15) is 30.3 Å². The van der Waals surface area contributed by atoms with Crippen molar-refractivity contribution in [2.45, 2.75) is 41.4 Å². The average Bonchev–Trinajstić information content (AvgIpc) is 2.67. The first kappa shape index (κ1) is 16.1. The molecule has 0 aromatic heterocycles. The van der Waals surface area contributed by atoms with Gasteiger partial charge in [0, 0.05) is 5.41 Å². The van der Waals surface area contributed by atoms with Crippen molar-refractivity contribution in [3.05, 3.63) is 0 Å². The van der Waals surface area contributed by atoms with Crippen LogP contribution < -0.4 is 0 Å². The van der Waals surface area contributed by atoms with Crippen molar-refractivity contribution in [1.82, 2.24) is 0 Å². The van der Waals surface area contributed by atoms with Gasteiger partial charge in [-0.05, 0) is 22.6 Å². The summed E-state index contributed by atoms with van der Waals surface area (Å²) in [5.41, 5.74) is -6.04. The van der Waals surface area contributed by atoms with E-state index >= 15 is 0 Å². The first-order valence-electron chi connectivity index (χ1n) is 5.21. The molecule has 0 aromatic carbocycles. The molecule has 106 valence electrons. The SMILES string of the molecule is COC(=O)[C@]1(O)C(C)(C)[C@]1(O)[C@H](O)[C@@H](O)C(O)I. The smallest absolute Gasteiger partial charge is 0.341 e. The van der Waals surface area contributed by atoms with Gasteiger partial charge in [0.15, 0.2) is 0 Å². The monoisotopic (exact) mass is 376 g/mol. The molecule has 1 unspecified atom stereocenters. The number of aliphatic hydroxyl groups excluding tert-OH is 3. The number of aliphatic hydroxyl groups is 5. The Bertz CT molecular complexity index is 358. The highest BCUT2D eigenvalue weighted by atomic mass is 127. The Morgan fingerprint density at radius 2 is 1.67 bits per heavy atom. The Morgan fingerprint density at radius 3 is 2.00 bits per heavy atom. The predicted molar refractivity (Wildman–Crippen MR) is 67.7 cm³/mol. The van der Waals surface area contributed by atoms with Crippen LogP contribution in [0.3, 0.4) is 0 Å². The minimum absolute atomic E-state index is 1.03. The molecule has 0 bridgehead atoms. The van der Waals surface area contributed by atoms with Crippen LogP contribution in [-0.2, 0) is 9.53 Å². The molecule has 0 aromatic rings. The fourth-order valence-corrected chi connectivity index (χ4v) is 2.80. The highest BCUT2D eigenvalue weighted by Gasteiger charge is 2.90. The van der Waals surface area contributed by atoms with E-state index in [2.05, 4.69) is 4.74 Å². The average molecular weight is 376 g/mol. The lowest BCUT2D eigenvalue weighted by atomic mass is 9.98. The molecule has 1 saturated carbocycles. The molecule has 7 nitrogen and oxygen atoms in total. The van der Waals surface area contributed by atoms with Gasteiger partial charge in [-0.1, -0.05) is 13.8 Å². The molecule has 1 aliphatic rings. The molecule has 18 heavy (non-hydrogen) atoms. The first-order chi connectivity index (χ1) is 8.00. The van der Waals surface area contributed by atoms with Crippen LogP contribution in [0.1, 0.15) is 13.8 Å². The minimum Gasteiger partial charge on any atom is -0.467 e. The van der Waals surface area contributed by atoms with Crippen molar-refractivity contribution < 1.29 is 35.1 Å². The van der Waals surface area contributed by atoms with Crippen molar-refractivity contribution in [3.8, 4) is 0 Å². The quantitative estimate of drug-likeness (QED) is 0.221. The maximum Gasteiger partial charge on any atom is 0.341 e. The number of hydrogen-bond donors (Lipinski definition) is 5. The number of rotatable bonds is 4. The summed E-state index contributed by atoms with van der Waals surface area (Å²) in [7, 11) is 1.03. The molecular formula is C10H17IO7. The third kappa shape index (κ3) is 1.63. The molecule has 0 spiro atoms. The number of halogens is 1. The van der Waals surface area contributed by atoms with Crippen LogP contribution in [0, 0.1) is 5.41 Å². The van der Waals surface area contributed by atoms with Gasteiger partial charge >= 0.3 is 5.97 Å². The van der Waals surface area contributed by atoms with E-state index in [0.717, 1.165) is 7.11 Å². The Kier molecular flexibility index (Phi) is 4.04. The zero-order chi connectivity index (χ0) is 14.5. The summed E-state index contributed by atoms with van der Waals surface area (Å²) in [6.45, 7) is 2.69. The second-order valence-corrected chi connectivity index (χ2v) is 6.18. The third-order valence-electron chi connectivity index (χ3n) is 3.86. The normalized spacial score (nSPS) is 38.7. The van der Waals surface area contributed by atoms with E-state index in [4.69, 9.17) is 0 Å². The number of alkyl halides is 1. The molecule has 1 aliphatic carbocycles. The molecule has 0 aliphatic heterocycles. The van der Waals surface area contributed by atoms with Crippen LogP contribution in [0.2, 0.25) is 0 Å². The molecule has 0 amide bonds. The van der Waals surface area contributed by atoms with Gasteiger partial charge in [-0.15, -0.1) is 0 Å². The van der Waals surface area contributed by atoms with E-state index < -0.39 is 38.9 Å². The van der Waals surface area contributed by atoms with Crippen molar-refractivity contribution in [1.29, 1.82) is 0 Å². The maximum atomic E-state index is 11.5. The lowest BCUT2D eigenvalue weighted by Crippen LogP contribution is -2.50. The largest absolute Gasteiger partial charge is 0.467 e. The van der Waals surface area contributed by atoms with Gasteiger partial charge in [-0.3, -0.25) is 0 Å². The lowest BCUT2D eigenvalue weighted by Gasteiger charge is -2.26. The van der Waals surface area contributed by atoms with Crippen LogP contribution in [-0.4, -0.2) is 66.1 Å². The summed E-state index contributed by atoms with van der Waals surface area (Å²) in [5, 5.41) is 49.1. The highest BCUT2D eigenvalue weighted by Crippen LogP contribution is 2.67. The highest BCUT2D eigenvalue weighted by molar-refractivity contribution is 14.1. The lowest BCUT2D eigenvalue weighted by molar-refractivity contribution is -0.168. The van der Waals surface area contributed by atoms with E-state index in [1.807, 2.05) is 0 Å². The first-order valence-corrected chi connectivity index (χ1v) is 6.46. The second kappa shape index (κ2) is 4.53. The van der Waals surface area contributed by atoms with Crippen LogP contribution >= 0.6 is 22.6 Å². The topological polar surface area (TPSA) is 127 Å². The zero-order valence-corrected chi connectivity index (χ0v) is 12.3. The Hall–Kier alpha value is -0.000000000000000222. The summed E-state index contributed by atoms with van der Waals surface area (Å²) >= 11 is 1.44. The molecule has 0 heterocycles. The van der Waals surface area contributed by atoms with Crippen molar-refractivity contribution >= 4 is 28.6 Å². The van der Waals surface area contributed by atoms with Gasteiger partial charge in [0.2, 0.25) is 5.60 Å². The standard InChI is InChI=1S/C10H17IO7/c1-8(2)9(16,5(13)4(12)6(11)14)10(8,17)7(15)18-3/h4-6,12-14,16-17H,1-3H3/t4-,5-,6?,9-,10+/m1/s1. The Morgan fingerprint density at radius 1 is 1.22 bits per heavy atom. The summed E-state index contributed by atoms with van der Waals surface area (Å²) < 4.78 is 3.03. The van der Waals surface area contributed by atoms with Crippen LogP contribution in [0.5, 0.6) is 0 Å². The summed E-state index contributed by atoms with van der Waals surface area (Å²) in [5.74, 6) is -1.11. The summed E-state index contributed by atoms with van der Waals surface area (Å²) in [6.07, 6.45) is -3.61. The number of carbonyl (C=O) groups is 1. The molecule has 0 saturated heterocycles. The Balaban J connectivity index is 3.12. The predicted octanol–water partition coefficient (Wildman–Crippen LogP) is -1.86. The number of hydrogen-bond acceptors (Lipinski definition) is 7. The van der Waals surface area contributed by atoms with Gasteiger partial charge in [-0.2, -0.15) is 0 Å². The van der Waals surface area contributed by atoms with E-state index in [0.29, 0.717) is 0 Å². The van der Waals surface area contributed by atoms with Gasteiger partial charge in [-0.25, -0.2) is 4.79 Å². The van der Waals surface area contributed by atoms with E-state index in [1.54, 1.807) is 0 Å². The zero-order valence-electron chi connectivity index (χ0n) is 10.2. The summed E-state index contributed by atoms with van der Waals surface area (Å²) in [6, 6.07) is 0. The van der Waals surface area contributed by atoms with E-state index in [-0.39, 0.29) is 0 Å². The van der Waals surface area contributed by atoms with Crippen LogP contribution in [0.15, 0.2) is 0 Å². The molecule has 1 rings (SSSR count). The van der Waals surface area contributed by atoms with Crippen molar-refractivity contribution in [2.75, 3.05) is 7.11 Å². The van der Waals surface area contributed by atoms with Crippen LogP contribution in [0.25, 0.3) is 0 Å². The Labute approximate surface area is 118 Å². The van der Waals surface area contributed by atoms with Gasteiger partial charge in [0.25, 0.3) is 0 Å². The maximum absolute atomic E-state index is 11.5. The van der Waals surface area contributed by atoms with Crippen molar-refractivity contribution in [3.63, 3.8) is 0 Å². The van der Waals surface area contributed by atoms with Gasteiger partial charge in [0.1, 0.15) is 21.9 Å². The third-order valence-corrected chi connectivity index (χ3v) is 4.60. The van der Waals surface area contributed by atoms with Gasteiger partial charge < -0.3 is 30.3 Å². The number of esters is 1. The molecular weight excluding hydrogens is 359 g/mol. The molecule has 0 radical (unpaired) electrons. The van der Waals surface area contributed by atoms with Gasteiger partial charge in [0.05, 0.1) is 7.11 Å². The molecule has 5 N–H and O–H groups in total. The summed E-state index contributed by atoms with van der Waals surface area (Å²) in [4.78, 5) is 11.5. The second-order valence-electron chi connectivity index (χ2n) is 4.90. The molecule has 8 heteroatoms. The minimum atomic E-state index is -2.33. The molecule has 5 atom stereocenters. The number of ether oxygens (including phenoxy) is 1. The van der Waals surface area contributed by atoms with Crippen molar-refractivity contribution in [2.24, 2.45) is 5.41 Å². The number of carbonyl (C=O) groups excluding carboxylic acids is 1. The van der Waals surface area contributed by atoms with Crippen LogP contribution in [0.4, 0.5) is 0 Å². The number of methoxy groups -OCH3 is 1. The molecule has 1 fully saturated rings. The fourth-order valence-electron chi connectivity index (χ4n) is 2.40.